The van der Waals surface area contributed by atoms with Gasteiger partial charge in [-0.3, -0.25) is 0 Å². The molecule has 0 spiro atoms. The van der Waals surface area contributed by atoms with Crippen LogP contribution in [0.1, 0.15) is 16.1 Å². The van der Waals surface area contributed by atoms with Gasteiger partial charge in [-0.25, -0.2) is 4.98 Å². The van der Waals surface area contributed by atoms with E-state index in [9.17, 15) is 0 Å². The Morgan fingerprint density at radius 3 is 2.71 bits per heavy atom. The minimum absolute atomic E-state index is 0. The quantitative estimate of drug-likeness (QED) is 0.921. The van der Waals surface area contributed by atoms with Crippen molar-refractivity contribution in [3.63, 3.8) is 0 Å². The molecule has 1 N–H and O–H groups in total. The van der Waals surface area contributed by atoms with E-state index in [1.54, 1.807) is 11.3 Å². The summed E-state index contributed by atoms with van der Waals surface area (Å²) in [6.45, 7) is 5.10. The van der Waals surface area contributed by atoms with E-state index < -0.39 is 0 Å². The van der Waals surface area contributed by atoms with Gasteiger partial charge in [-0.2, -0.15) is 0 Å². The molecule has 0 amide bonds. The first-order valence-electron chi connectivity index (χ1n) is 5.37. The number of nitrogens with zero attached hydrogens (tertiary/aromatic N) is 1. The number of rotatable bonds is 3. The van der Waals surface area contributed by atoms with Crippen molar-refractivity contribution >= 4 is 23.7 Å². The maximum Gasteiger partial charge on any atom is 0.107 e. The van der Waals surface area contributed by atoms with Gasteiger partial charge in [0.15, 0.2) is 0 Å². The van der Waals surface area contributed by atoms with Gasteiger partial charge in [0.25, 0.3) is 0 Å². The van der Waals surface area contributed by atoms with Crippen molar-refractivity contribution in [3.05, 3.63) is 39.7 Å². The van der Waals surface area contributed by atoms with E-state index in [1.807, 2.05) is 7.05 Å². The highest BCUT2D eigenvalue weighted by molar-refractivity contribution is 7.09. The van der Waals surface area contributed by atoms with Crippen molar-refractivity contribution < 1.29 is 0 Å². The fraction of sp³-hybridized carbons (Fsp3) is 0.308. The minimum atomic E-state index is 0. The van der Waals surface area contributed by atoms with Crippen molar-refractivity contribution in [1.82, 2.24) is 10.3 Å². The van der Waals surface area contributed by atoms with Gasteiger partial charge in [0, 0.05) is 17.5 Å². The van der Waals surface area contributed by atoms with Gasteiger partial charge in [0.1, 0.15) is 5.01 Å². The first-order chi connectivity index (χ1) is 7.70. The summed E-state index contributed by atoms with van der Waals surface area (Å²) in [5, 5.41) is 6.39. The third-order valence-corrected chi connectivity index (χ3v) is 3.39. The average Bonchev–Trinajstić information content (AvgIpc) is 2.67. The number of nitrogens with one attached hydrogen (secondary N) is 1. The highest BCUT2D eigenvalue weighted by Crippen LogP contribution is 2.25. The molecule has 1 aromatic heterocycles. The molecule has 2 rings (SSSR count). The second-order valence-electron chi connectivity index (χ2n) is 3.98. The van der Waals surface area contributed by atoms with Gasteiger partial charge in [-0.15, -0.1) is 23.7 Å². The highest BCUT2D eigenvalue weighted by Gasteiger charge is 2.06. The van der Waals surface area contributed by atoms with Crippen LogP contribution in [0.5, 0.6) is 0 Å². The Balaban J connectivity index is 0.00000144. The number of halogens is 1. The lowest BCUT2D eigenvalue weighted by atomic mass is 10.0. The predicted octanol–water partition coefficient (Wildman–Crippen LogP) is 3.57. The molecule has 1 aromatic carbocycles. The van der Waals surface area contributed by atoms with E-state index in [-0.39, 0.29) is 12.4 Å². The topological polar surface area (TPSA) is 24.9 Å². The predicted molar refractivity (Wildman–Crippen MR) is 77.0 cm³/mol. The maximum absolute atomic E-state index is 4.62. The summed E-state index contributed by atoms with van der Waals surface area (Å²) in [6, 6.07) is 6.49. The number of hydrogen-bond acceptors (Lipinski definition) is 3. The minimum Gasteiger partial charge on any atom is -0.314 e. The van der Waals surface area contributed by atoms with E-state index >= 15 is 0 Å². The average molecular weight is 269 g/mol. The fourth-order valence-electron chi connectivity index (χ4n) is 1.77. The number of thiazole rings is 1. The van der Waals surface area contributed by atoms with E-state index in [2.05, 4.69) is 47.7 Å². The van der Waals surface area contributed by atoms with Crippen molar-refractivity contribution in [3.8, 4) is 11.3 Å². The molecule has 2 nitrogen and oxygen atoms in total. The monoisotopic (exact) mass is 268 g/mol. The van der Waals surface area contributed by atoms with Crippen LogP contribution in [0.2, 0.25) is 0 Å². The fourth-order valence-corrected chi connectivity index (χ4v) is 2.57. The van der Waals surface area contributed by atoms with Crippen LogP contribution in [0.4, 0.5) is 0 Å². The number of aryl methyl sites for hydroxylation is 2. The van der Waals surface area contributed by atoms with Gasteiger partial charge >= 0.3 is 0 Å². The largest absolute Gasteiger partial charge is 0.314 e. The highest BCUT2D eigenvalue weighted by atomic mass is 35.5. The van der Waals surface area contributed by atoms with Gasteiger partial charge in [-0.05, 0) is 26.5 Å². The molecule has 0 atom stereocenters. The van der Waals surface area contributed by atoms with E-state index in [0.29, 0.717) is 0 Å². The summed E-state index contributed by atoms with van der Waals surface area (Å²) >= 11 is 1.71. The van der Waals surface area contributed by atoms with Gasteiger partial charge in [0.05, 0.1) is 5.69 Å². The molecule has 0 aliphatic carbocycles. The molecule has 92 valence electrons. The van der Waals surface area contributed by atoms with Crippen molar-refractivity contribution in [1.29, 1.82) is 0 Å². The van der Waals surface area contributed by atoms with Gasteiger partial charge < -0.3 is 5.32 Å². The molecular formula is C13H17ClN2S. The molecule has 0 unspecified atom stereocenters. The molecule has 0 saturated carbocycles. The first kappa shape index (κ1) is 14.2. The Morgan fingerprint density at radius 1 is 1.29 bits per heavy atom. The number of benzene rings is 1. The lowest BCUT2D eigenvalue weighted by Crippen LogP contribution is -2.04. The normalized spacial score (nSPS) is 10.1. The zero-order valence-corrected chi connectivity index (χ0v) is 11.9. The van der Waals surface area contributed by atoms with Gasteiger partial charge in [-0.1, -0.05) is 23.8 Å². The van der Waals surface area contributed by atoms with E-state index in [0.717, 1.165) is 17.2 Å². The Morgan fingerprint density at radius 2 is 2.06 bits per heavy atom. The Labute approximate surface area is 113 Å². The third-order valence-electron chi connectivity index (χ3n) is 2.54. The van der Waals surface area contributed by atoms with Crippen molar-refractivity contribution in [2.75, 3.05) is 7.05 Å². The summed E-state index contributed by atoms with van der Waals surface area (Å²) < 4.78 is 0. The molecule has 0 saturated heterocycles. The van der Waals surface area contributed by atoms with E-state index in [1.165, 1.54) is 16.7 Å². The molecule has 4 heteroatoms. The molecule has 0 fully saturated rings. The lowest BCUT2D eigenvalue weighted by molar-refractivity contribution is 0.810. The molecule has 0 aliphatic heterocycles. The number of hydrogen-bond donors (Lipinski definition) is 1. The van der Waals surface area contributed by atoms with Crippen LogP contribution in [0.25, 0.3) is 11.3 Å². The Kier molecular flexibility index (Phi) is 5.12. The summed E-state index contributed by atoms with van der Waals surface area (Å²) in [5.74, 6) is 0. The van der Waals surface area contributed by atoms with Crippen molar-refractivity contribution in [2.24, 2.45) is 0 Å². The second-order valence-corrected chi connectivity index (χ2v) is 4.92. The smallest absolute Gasteiger partial charge is 0.107 e. The summed E-state index contributed by atoms with van der Waals surface area (Å²) in [5.41, 5.74) is 4.92. The van der Waals surface area contributed by atoms with Crippen LogP contribution in [-0.2, 0) is 6.54 Å². The lowest BCUT2D eigenvalue weighted by Gasteiger charge is -2.03. The SMILES string of the molecule is CNCc1nc(-c2ccc(C)cc2C)cs1.Cl. The first-order valence-corrected chi connectivity index (χ1v) is 6.25. The van der Waals surface area contributed by atoms with Gasteiger partial charge in [0.2, 0.25) is 0 Å². The summed E-state index contributed by atoms with van der Waals surface area (Å²) in [4.78, 5) is 4.62. The summed E-state index contributed by atoms with van der Waals surface area (Å²) in [6.07, 6.45) is 0. The zero-order valence-electron chi connectivity index (χ0n) is 10.3. The third kappa shape index (κ3) is 3.28. The molecule has 0 aliphatic rings. The Hall–Kier alpha value is -0.900. The van der Waals surface area contributed by atoms with Crippen LogP contribution in [-0.4, -0.2) is 12.0 Å². The van der Waals surface area contributed by atoms with Crippen LogP contribution < -0.4 is 5.32 Å². The maximum atomic E-state index is 4.62. The molecule has 0 bridgehead atoms. The van der Waals surface area contributed by atoms with Crippen molar-refractivity contribution in [2.45, 2.75) is 20.4 Å². The summed E-state index contributed by atoms with van der Waals surface area (Å²) in [7, 11) is 1.94. The molecule has 1 heterocycles. The zero-order chi connectivity index (χ0) is 11.5. The number of aromatic nitrogens is 1. The molecular weight excluding hydrogens is 252 g/mol. The van der Waals surface area contributed by atoms with Crippen LogP contribution in [0.15, 0.2) is 23.6 Å². The Bertz CT molecular complexity index is 494. The molecule has 2 aromatic rings. The van der Waals surface area contributed by atoms with Crippen LogP contribution >= 0.6 is 23.7 Å². The van der Waals surface area contributed by atoms with E-state index in [4.69, 9.17) is 0 Å². The van der Waals surface area contributed by atoms with Crippen LogP contribution in [0, 0.1) is 13.8 Å². The molecule has 17 heavy (non-hydrogen) atoms. The van der Waals surface area contributed by atoms with Crippen LogP contribution in [0.3, 0.4) is 0 Å². The second kappa shape index (κ2) is 6.15. The standard InChI is InChI=1S/C13H16N2S.ClH/c1-9-4-5-11(10(2)6-9)12-8-16-13(15-12)7-14-3;/h4-6,8,14H,7H2,1-3H3;1H. The molecule has 0 radical (unpaired) electrons.